The van der Waals surface area contributed by atoms with Crippen molar-refractivity contribution in [2.75, 3.05) is 0 Å². The molecule has 2 unspecified atom stereocenters. The maximum absolute atomic E-state index is 10.7. The van der Waals surface area contributed by atoms with Crippen LogP contribution in [0, 0.1) is 0 Å². The van der Waals surface area contributed by atoms with Gasteiger partial charge in [0, 0.05) is 10.5 Å². The molecule has 0 radical (unpaired) electrons. The van der Waals surface area contributed by atoms with Gasteiger partial charge < -0.3 is 9.90 Å². The van der Waals surface area contributed by atoms with Gasteiger partial charge in [0.05, 0.1) is 5.97 Å². The number of rotatable bonds is 7. The van der Waals surface area contributed by atoms with Crippen LogP contribution in [-0.4, -0.2) is 16.5 Å². The molecule has 0 N–H and O–H groups in total. The van der Waals surface area contributed by atoms with Crippen LogP contribution in [0.2, 0.25) is 0 Å². The maximum atomic E-state index is 10.7. The molecule has 0 fully saturated rings. The molecule has 0 spiro atoms. The van der Waals surface area contributed by atoms with E-state index in [-0.39, 0.29) is 5.25 Å². The van der Waals surface area contributed by atoms with Crippen LogP contribution in [0.4, 0.5) is 0 Å². The van der Waals surface area contributed by atoms with E-state index in [1.807, 2.05) is 0 Å². The summed E-state index contributed by atoms with van der Waals surface area (Å²) in [5.41, 5.74) is 0. The second-order valence-corrected chi connectivity index (χ2v) is 4.95. The first-order valence-electron chi connectivity index (χ1n) is 4.98. The van der Waals surface area contributed by atoms with Crippen molar-refractivity contribution < 1.29 is 9.90 Å². The van der Waals surface area contributed by atoms with Crippen molar-refractivity contribution in [1.82, 2.24) is 0 Å². The Hall–Kier alpha value is -0.180. The van der Waals surface area contributed by atoms with Gasteiger partial charge in [0.1, 0.15) is 0 Å². The molecule has 13 heavy (non-hydrogen) atoms. The molecule has 0 bridgehead atoms. The third-order valence-electron chi connectivity index (χ3n) is 2.05. The van der Waals surface area contributed by atoms with E-state index in [2.05, 4.69) is 20.8 Å². The fourth-order valence-electron chi connectivity index (χ4n) is 1.01. The van der Waals surface area contributed by atoms with Crippen molar-refractivity contribution in [3.8, 4) is 0 Å². The number of hydrogen-bond acceptors (Lipinski definition) is 3. The Balaban J connectivity index is 3.87. The molecule has 2 nitrogen and oxygen atoms in total. The Labute approximate surface area is 85.1 Å². The van der Waals surface area contributed by atoms with E-state index in [1.54, 1.807) is 0 Å². The first kappa shape index (κ1) is 12.8. The number of carbonyl (C=O) groups excluding carboxylic acids is 1. The average molecular weight is 203 g/mol. The SMILES string of the molecule is CCCCC(SC(C)CC)C(=O)[O-]. The number of unbranched alkanes of at least 4 members (excludes halogenated alkanes) is 1. The summed E-state index contributed by atoms with van der Waals surface area (Å²) in [5, 5.41) is 10.8. The number of carboxylic acid groups (broad SMARTS) is 1. The normalized spacial score (nSPS) is 15.3. The van der Waals surface area contributed by atoms with E-state index < -0.39 is 5.97 Å². The van der Waals surface area contributed by atoms with Crippen LogP contribution in [0.5, 0.6) is 0 Å². The van der Waals surface area contributed by atoms with Gasteiger partial charge in [0.15, 0.2) is 0 Å². The Morgan fingerprint density at radius 3 is 2.46 bits per heavy atom. The summed E-state index contributed by atoms with van der Waals surface area (Å²) in [7, 11) is 0. The number of carboxylic acids is 1. The summed E-state index contributed by atoms with van der Waals surface area (Å²) < 4.78 is 0. The van der Waals surface area contributed by atoms with E-state index in [0.29, 0.717) is 5.25 Å². The molecule has 0 saturated carbocycles. The minimum absolute atomic E-state index is 0.310. The highest BCUT2D eigenvalue weighted by Crippen LogP contribution is 2.23. The molecule has 0 aliphatic carbocycles. The summed E-state index contributed by atoms with van der Waals surface area (Å²) in [6.07, 6.45) is 3.78. The van der Waals surface area contributed by atoms with Crippen LogP contribution >= 0.6 is 11.8 Å². The minimum atomic E-state index is -0.904. The second kappa shape index (κ2) is 7.25. The molecule has 0 aliphatic heterocycles. The van der Waals surface area contributed by atoms with E-state index in [9.17, 15) is 9.90 Å². The van der Waals surface area contributed by atoms with Gasteiger partial charge in [-0.15, -0.1) is 11.8 Å². The van der Waals surface area contributed by atoms with Crippen molar-refractivity contribution in [3.63, 3.8) is 0 Å². The molecule has 0 aromatic carbocycles. The van der Waals surface area contributed by atoms with Crippen LogP contribution in [0.1, 0.15) is 46.5 Å². The molecule has 2 atom stereocenters. The predicted octanol–water partition coefficient (Wildman–Crippen LogP) is 1.83. The lowest BCUT2D eigenvalue weighted by Gasteiger charge is -2.20. The Bertz CT molecular complexity index is 148. The van der Waals surface area contributed by atoms with Gasteiger partial charge in [0.25, 0.3) is 0 Å². The van der Waals surface area contributed by atoms with Crippen molar-refractivity contribution in [2.45, 2.75) is 57.0 Å². The lowest BCUT2D eigenvalue weighted by Crippen LogP contribution is -2.34. The van der Waals surface area contributed by atoms with Gasteiger partial charge in [-0.05, 0) is 12.8 Å². The summed E-state index contributed by atoms with van der Waals surface area (Å²) in [4.78, 5) is 10.7. The first-order chi connectivity index (χ1) is 6.11. The fourth-order valence-corrected chi connectivity index (χ4v) is 2.17. The molecule has 0 aliphatic rings. The Kier molecular flexibility index (Phi) is 7.14. The molecule has 0 aromatic rings. The van der Waals surface area contributed by atoms with E-state index in [4.69, 9.17) is 0 Å². The van der Waals surface area contributed by atoms with Crippen molar-refractivity contribution in [2.24, 2.45) is 0 Å². The number of thioether (sulfide) groups is 1. The molecule has 0 amide bonds. The third-order valence-corrected chi connectivity index (χ3v) is 3.61. The largest absolute Gasteiger partial charge is 0.549 e. The molecule has 0 heterocycles. The van der Waals surface area contributed by atoms with Crippen LogP contribution in [0.3, 0.4) is 0 Å². The molecule has 0 rings (SSSR count). The fraction of sp³-hybridized carbons (Fsp3) is 0.900. The lowest BCUT2D eigenvalue weighted by molar-refractivity contribution is -0.304. The van der Waals surface area contributed by atoms with Gasteiger partial charge >= 0.3 is 0 Å². The van der Waals surface area contributed by atoms with Crippen LogP contribution in [0.25, 0.3) is 0 Å². The Morgan fingerprint density at radius 1 is 1.46 bits per heavy atom. The first-order valence-corrected chi connectivity index (χ1v) is 5.92. The molecule has 0 aromatic heterocycles. The van der Waals surface area contributed by atoms with Crippen molar-refractivity contribution >= 4 is 17.7 Å². The molecule has 0 saturated heterocycles. The smallest absolute Gasteiger partial charge is 0.0544 e. The topological polar surface area (TPSA) is 40.1 Å². The highest BCUT2D eigenvalue weighted by molar-refractivity contribution is 8.01. The van der Waals surface area contributed by atoms with Crippen molar-refractivity contribution in [3.05, 3.63) is 0 Å². The van der Waals surface area contributed by atoms with Gasteiger partial charge in [0.2, 0.25) is 0 Å². The zero-order valence-electron chi connectivity index (χ0n) is 8.71. The summed E-state index contributed by atoms with van der Waals surface area (Å²) >= 11 is 1.53. The number of aliphatic carboxylic acids is 1. The third kappa shape index (κ3) is 5.97. The van der Waals surface area contributed by atoms with E-state index in [1.165, 1.54) is 11.8 Å². The van der Waals surface area contributed by atoms with Crippen molar-refractivity contribution in [1.29, 1.82) is 0 Å². The van der Waals surface area contributed by atoms with E-state index in [0.717, 1.165) is 25.7 Å². The van der Waals surface area contributed by atoms with Crippen LogP contribution in [-0.2, 0) is 4.79 Å². The van der Waals surface area contributed by atoms with Gasteiger partial charge in [-0.2, -0.15) is 0 Å². The predicted molar refractivity (Wildman–Crippen MR) is 55.7 cm³/mol. The monoisotopic (exact) mass is 203 g/mol. The highest BCUT2D eigenvalue weighted by Gasteiger charge is 2.12. The average Bonchev–Trinajstić information content (AvgIpc) is 2.11. The maximum Gasteiger partial charge on any atom is 0.0544 e. The molecular formula is C10H19O2S-. The van der Waals surface area contributed by atoms with Gasteiger partial charge in [-0.25, -0.2) is 0 Å². The minimum Gasteiger partial charge on any atom is -0.549 e. The quantitative estimate of drug-likeness (QED) is 0.633. The van der Waals surface area contributed by atoms with Crippen LogP contribution < -0.4 is 5.11 Å². The highest BCUT2D eigenvalue weighted by atomic mass is 32.2. The lowest BCUT2D eigenvalue weighted by atomic mass is 10.2. The zero-order chi connectivity index (χ0) is 10.3. The zero-order valence-corrected chi connectivity index (χ0v) is 9.52. The molecule has 78 valence electrons. The number of hydrogen-bond donors (Lipinski definition) is 0. The summed E-state index contributed by atoms with van der Waals surface area (Å²) in [6.45, 7) is 6.20. The number of carbonyl (C=O) groups is 1. The molecular weight excluding hydrogens is 184 g/mol. The standard InChI is InChI=1S/C10H20O2S/c1-4-6-7-9(10(11)12)13-8(3)5-2/h8-9H,4-7H2,1-3H3,(H,11,12)/p-1. The van der Waals surface area contributed by atoms with Crippen LogP contribution in [0.15, 0.2) is 0 Å². The molecule has 3 heteroatoms. The van der Waals surface area contributed by atoms with E-state index >= 15 is 0 Å². The van der Waals surface area contributed by atoms with Gasteiger partial charge in [-0.3, -0.25) is 0 Å². The van der Waals surface area contributed by atoms with Gasteiger partial charge in [-0.1, -0.05) is 33.6 Å². The Morgan fingerprint density at radius 2 is 2.08 bits per heavy atom. The summed E-state index contributed by atoms with van der Waals surface area (Å²) in [5.74, 6) is -0.904. The second-order valence-electron chi connectivity index (χ2n) is 3.30. The summed E-state index contributed by atoms with van der Waals surface area (Å²) in [6, 6.07) is 0.